The Balaban J connectivity index is 2.26. The Bertz CT molecular complexity index is 373. The van der Waals surface area contributed by atoms with Crippen LogP contribution in [0.5, 0.6) is 0 Å². The van der Waals surface area contributed by atoms with Crippen molar-refractivity contribution in [2.45, 2.75) is 33.0 Å². The molecule has 0 saturated heterocycles. The maximum atomic E-state index is 11.5. The maximum absolute atomic E-state index is 11.5. The number of ether oxygens (including phenoxy) is 2. The summed E-state index contributed by atoms with van der Waals surface area (Å²) >= 11 is 0. The molecular weight excluding hydrogens is 196 g/mol. The van der Waals surface area contributed by atoms with Crippen molar-refractivity contribution >= 4 is 5.97 Å². The summed E-state index contributed by atoms with van der Waals surface area (Å²) in [5.41, 5.74) is 2.23. The number of hydrogen-bond acceptors (Lipinski definition) is 4. The molecule has 5 nitrogen and oxygen atoms in total. The summed E-state index contributed by atoms with van der Waals surface area (Å²) in [5.74, 6) is -0.357. The molecule has 0 radical (unpaired) electrons. The Hall–Kier alpha value is -1.36. The fraction of sp³-hybridized carbons (Fsp3) is 0.600. The predicted octanol–water partition coefficient (Wildman–Crippen LogP) is 1.05. The van der Waals surface area contributed by atoms with E-state index >= 15 is 0 Å². The molecule has 1 aromatic heterocycles. The van der Waals surface area contributed by atoms with E-state index < -0.39 is 0 Å². The van der Waals surface area contributed by atoms with Gasteiger partial charge in [-0.05, 0) is 13.8 Å². The minimum atomic E-state index is -0.357. The molecule has 0 spiro atoms. The van der Waals surface area contributed by atoms with Gasteiger partial charge in [0.2, 0.25) is 0 Å². The van der Waals surface area contributed by atoms with E-state index in [2.05, 4.69) is 10.2 Å². The van der Waals surface area contributed by atoms with E-state index in [0.29, 0.717) is 25.3 Å². The van der Waals surface area contributed by atoms with Crippen molar-refractivity contribution in [1.29, 1.82) is 0 Å². The summed E-state index contributed by atoms with van der Waals surface area (Å²) in [6.45, 7) is 4.61. The molecule has 0 aromatic carbocycles. The average Bonchev–Trinajstić information content (AvgIpc) is 2.60. The summed E-state index contributed by atoms with van der Waals surface area (Å²) in [5, 5.41) is 6.78. The van der Waals surface area contributed by atoms with Gasteiger partial charge in [0.15, 0.2) is 5.69 Å². The minimum Gasteiger partial charge on any atom is -0.461 e. The van der Waals surface area contributed by atoms with E-state index in [1.165, 1.54) is 0 Å². The fourth-order valence-corrected chi connectivity index (χ4v) is 1.68. The van der Waals surface area contributed by atoms with Gasteiger partial charge in [-0.1, -0.05) is 0 Å². The first-order valence-electron chi connectivity index (χ1n) is 5.07. The van der Waals surface area contributed by atoms with E-state index in [9.17, 15) is 4.79 Å². The van der Waals surface area contributed by atoms with Crippen molar-refractivity contribution < 1.29 is 14.3 Å². The van der Waals surface area contributed by atoms with Gasteiger partial charge in [-0.15, -0.1) is 0 Å². The molecule has 2 rings (SSSR count). The monoisotopic (exact) mass is 210 g/mol. The Kier molecular flexibility index (Phi) is 2.73. The third-order valence-corrected chi connectivity index (χ3v) is 2.43. The summed E-state index contributed by atoms with van der Waals surface area (Å²) < 4.78 is 10.4. The Morgan fingerprint density at radius 2 is 2.53 bits per heavy atom. The van der Waals surface area contributed by atoms with Crippen LogP contribution in [0.1, 0.15) is 35.6 Å². The predicted molar refractivity (Wildman–Crippen MR) is 52.5 cm³/mol. The highest BCUT2D eigenvalue weighted by Gasteiger charge is 2.25. The number of nitrogens with zero attached hydrogens (tertiary/aromatic N) is 1. The van der Waals surface area contributed by atoms with Gasteiger partial charge in [-0.25, -0.2) is 4.79 Å². The van der Waals surface area contributed by atoms with Crippen LogP contribution in [-0.2, 0) is 22.5 Å². The summed E-state index contributed by atoms with van der Waals surface area (Å²) in [6.07, 6.45) is 0.836. The number of nitrogens with one attached hydrogen (secondary N) is 1. The van der Waals surface area contributed by atoms with Crippen molar-refractivity contribution in [1.82, 2.24) is 10.2 Å². The van der Waals surface area contributed by atoms with Gasteiger partial charge in [-0.3, -0.25) is 5.10 Å². The summed E-state index contributed by atoms with van der Waals surface area (Å²) in [6, 6.07) is 0. The maximum Gasteiger partial charge on any atom is 0.359 e. The standard InChI is InChI=1S/C10H14N2O3/c1-3-14-10(13)9-7-4-6(2)15-5-8(7)11-12-9/h6H,3-5H2,1-2H3,(H,11,12). The average molecular weight is 210 g/mol. The number of esters is 1. The minimum absolute atomic E-state index is 0.128. The number of aromatic nitrogens is 2. The first-order valence-corrected chi connectivity index (χ1v) is 5.07. The van der Waals surface area contributed by atoms with Crippen LogP contribution in [0.25, 0.3) is 0 Å². The molecule has 1 aliphatic rings. The third-order valence-electron chi connectivity index (χ3n) is 2.43. The van der Waals surface area contributed by atoms with E-state index in [-0.39, 0.29) is 12.1 Å². The first kappa shape index (κ1) is 10.2. The molecule has 0 bridgehead atoms. The molecule has 1 unspecified atom stereocenters. The van der Waals surface area contributed by atoms with Crippen molar-refractivity contribution in [2.24, 2.45) is 0 Å². The number of hydrogen-bond donors (Lipinski definition) is 1. The van der Waals surface area contributed by atoms with E-state index in [1.54, 1.807) is 6.92 Å². The number of H-pyrrole nitrogens is 1. The highest BCUT2D eigenvalue weighted by atomic mass is 16.5. The van der Waals surface area contributed by atoms with Crippen LogP contribution in [-0.4, -0.2) is 28.9 Å². The van der Waals surface area contributed by atoms with E-state index in [1.807, 2.05) is 6.92 Å². The van der Waals surface area contributed by atoms with Crippen LogP contribution < -0.4 is 0 Å². The summed E-state index contributed by atoms with van der Waals surface area (Å²) in [7, 11) is 0. The van der Waals surface area contributed by atoms with Gasteiger partial charge < -0.3 is 9.47 Å². The van der Waals surface area contributed by atoms with Gasteiger partial charge in [0.1, 0.15) is 0 Å². The molecular formula is C10H14N2O3. The second-order valence-corrected chi connectivity index (χ2v) is 3.58. The van der Waals surface area contributed by atoms with Gasteiger partial charge in [0.05, 0.1) is 25.0 Å². The zero-order valence-electron chi connectivity index (χ0n) is 8.87. The zero-order chi connectivity index (χ0) is 10.8. The van der Waals surface area contributed by atoms with Crippen molar-refractivity contribution in [3.05, 3.63) is 17.0 Å². The molecule has 1 atom stereocenters. The largest absolute Gasteiger partial charge is 0.461 e. The lowest BCUT2D eigenvalue weighted by Gasteiger charge is -2.18. The van der Waals surface area contributed by atoms with Crippen LogP contribution >= 0.6 is 0 Å². The number of carbonyl (C=O) groups excluding carboxylic acids is 1. The van der Waals surface area contributed by atoms with Crippen molar-refractivity contribution in [2.75, 3.05) is 6.61 Å². The Morgan fingerprint density at radius 1 is 1.73 bits per heavy atom. The van der Waals surface area contributed by atoms with Gasteiger partial charge in [-0.2, -0.15) is 5.10 Å². The van der Waals surface area contributed by atoms with Crippen molar-refractivity contribution in [3.63, 3.8) is 0 Å². The molecule has 0 saturated carbocycles. The molecule has 1 aromatic rings. The third kappa shape index (κ3) is 1.87. The lowest BCUT2D eigenvalue weighted by molar-refractivity contribution is 0.0380. The van der Waals surface area contributed by atoms with Crippen LogP contribution in [0.2, 0.25) is 0 Å². The topological polar surface area (TPSA) is 64.2 Å². The molecule has 0 amide bonds. The smallest absolute Gasteiger partial charge is 0.359 e. The molecule has 2 heterocycles. The first-order chi connectivity index (χ1) is 7.22. The zero-order valence-corrected chi connectivity index (χ0v) is 8.87. The van der Waals surface area contributed by atoms with Crippen LogP contribution in [0.15, 0.2) is 0 Å². The second-order valence-electron chi connectivity index (χ2n) is 3.58. The number of aromatic amines is 1. The molecule has 5 heteroatoms. The lowest BCUT2D eigenvalue weighted by Crippen LogP contribution is -2.20. The summed E-state index contributed by atoms with van der Waals surface area (Å²) in [4.78, 5) is 11.5. The molecule has 1 aliphatic heterocycles. The molecule has 15 heavy (non-hydrogen) atoms. The Morgan fingerprint density at radius 3 is 3.27 bits per heavy atom. The van der Waals surface area contributed by atoms with Crippen LogP contribution in [0.3, 0.4) is 0 Å². The molecule has 82 valence electrons. The van der Waals surface area contributed by atoms with Gasteiger partial charge in [0.25, 0.3) is 0 Å². The second kappa shape index (κ2) is 4.02. The number of carbonyl (C=O) groups is 1. The number of rotatable bonds is 2. The highest BCUT2D eigenvalue weighted by molar-refractivity contribution is 5.89. The normalized spacial score (nSPS) is 19.7. The van der Waals surface area contributed by atoms with Gasteiger partial charge >= 0.3 is 5.97 Å². The number of fused-ring (bicyclic) bond motifs is 1. The molecule has 0 aliphatic carbocycles. The lowest BCUT2D eigenvalue weighted by atomic mass is 10.0. The van der Waals surface area contributed by atoms with Crippen LogP contribution in [0.4, 0.5) is 0 Å². The fourth-order valence-electron chi connectivity index (χ4n) is 1.68. The van der Waals surface area contributed by atoms with E-state index in [0.717, 1.165) is 11.3 Å². The van der Waals surface area contributed by atoms with Crippen molar-refractivity contribution in [3.8, 4) is 0 Å². The van der Waals surface area contributed by atoms with Crippen LogP contribution in [0, 0.1) is 0 Å². The molecule has 0 fully saturated rings. The quantitative estimate of drug-likeness (QED) is 0.741. The van der Waals surface area contributed by atoms with E-state index in [4.69, 9.17) is 9.47 Å². The van der Waals surface area contributed by atoms with Gasteiger partial charge in [0, 0.05) is 12.0 Å². The Labute approximate surface area is 87.8 Å². The SMILES string of the molecule is CCOC(=O)c1n[nH]c2c1CC(C)OC2. The molecule has 1 N–H and O–H groups in total. The highest BCUT2D eigenvalue weighted by Crippen LogP contribution is 2.22.